The largest absolute Gasteiger partial charge is 0.478 e. The van der Waals surface area contributed by atoms with Crippen LogP contribution in [-0.2, 0) is 6.54 Å². The van der Waals surface area contributed by atoms with Crippen molar-refractivity contribution in [1.82, 2.24) is 19.7 Å². The Morgan fingerprint density at radius 3 is 2.95 bits per heavy atom. The van der Waals surface area contributed by atoms with Gasteiger partial charge in [-0.3, -0.25) is 4.57 Å². The van der Waals surface area contributed by atoms with Gasteiger partial charge >= 0.3 is 11.7 Å². The van der Waals surface area contributed by atoms with E-state index in [0.717, 1.165) is 0 Å². The first-order valence-corrected chi connectivity index (χ1v) is 5.80. The Morgan fingerprint density at radius 1 is 1.50 bits per heavy atom. The fourth-order valence-electron chi connectivity index (χ4n) is 2.08. The Morgan fingerprint density at radius 2 is 2.30 bits per heavy atom. The number of H-pyrrole nitrogens is 1. The lowest BCUT2D eigenvalue weighted by Crippen LogP contribution is -2.18. The number of aromatic amines is 1. The minimum absolute atomic E-state index is 0.0178. The predicted octanol–water partition coefficient (Wildman–Crippen LogP) is 0.768. The molecule has 2 N–H and O–H groups in total. The molecule has 3 aromatic rings. The van der Waals surface area contributed by atoms with E-state index in [0.29, 0.717) is 16.9 Å². The summed E-state index contributed by atoms with van der Waals surface area (Å²) in [5.41, 5.74) is 0.369. The Hall–Kier alpha value is -2.90. The van der Waals surface area contributed by atoms with Gasteiger partial charge in [0.25, 0.3) is 0 Å². The smallest absolute Gasteiger partial charge is 0.337 e. The second-order valence-electron chi connectivity index (χ2n) is 4.26. The standard InChI is InChI=1S/C12H10N4O4/c1-6-13-9(20-15-6)5-16-10-7(11(17)18)3-2-4-8(10)14-12(16)19/h2-4H,5H2,1H3,(H,14,19)(H,17,18). The Labute approximate surface area is 111 Å². The molecule has 0 aliphatic rings. The number of carbonyl (C=O) groups is 1. The van der Waals surface area contributed by atoms with Crippen LogP contribution in [-0.4, -0.2) is 30.8 Å². The molecule has 8 heteroatoms. The Bertz CT molecular complexity index is 858. The highest BCUT2D eigenvalue weighted by atomic mass is 16.5. The number of nitrogens with zero attached hydrogens (tertiary/aromatic N) is 3. The number of hydrogen-bond donors (Lipinski definition) is 2. The van der Waals surface area contributed by atoms with Crippen LogP contribution in [0.5, 0.6) is 0 Å². The molecule has 0 saturated heterocycles. The second kappa shape index (κ2) is 4.34. The van der Waals surface area contributed by atoms with E-state index in [1.54, 1.807) is 19.1 Å². The van der Waals surface area contributed by atoms with Crippen LogP contribution in [0.3, 0.4) is 0 Å². The summed E-state index contributed by atoms with van der Waals surface area (Å²) in [6.45, 7) is 1.68. The molecule has 20 heavy (non-hydrogen) atoms. The molecule has 3 rings (SSSR count). The number of aryl methyl sites for hydroxylation is 1. The van der Waals surface area contributed by atoms with Crippen LogP contribution in [0.4, 0.5) is 0 Å². The van der Waals surface area contributed by atoms with E-state index in [2.05, 4.69) is 15.1 Å². The lowest BCUT2D eigenvalue weighted by atomic mass is 10.2. The number of nitrogens with one attached hydrogen (secondary N) is 1. The minimum atomic E-state index is -1.11. The number of aromatic carboxylic acids is 1. The third-order valence-corrected chi connectivity index (χ3v) is 2.89. The van der Waals surface area contributed by atoms with E-state index in [9.17, 15) is 14.7 Å². The number of carboxylic acid groups (broad SMARTS) is 1. The summed E-state index contributed by atoms with van der Waals surface area (Å²) >= 11 is 0. The van der Waals surface area contributed by atoms with Gasteiger partial charge in [-0.15, -0.1) is 0 Å². The Balaban J connectivity index is 2.21. The quantitative estimate of drug-likeness (QED) is 0.729. The fraction of sp³-hybridized carbons (Fsp3) is 0.167. The second-order valence-corrected chi connectivity index (χ2v) is 4.26. The van der Waals surface area contributed by atoms with Gasteiger partial charge in [0.15, 0.2) is 5.82 Å². The van der Waals surface area contributed by atoms with Crippen molar-refractivity contribution in [3.05, 3.63) is 46.0 Å². The van der Waals surface area contributed by atoms with Gasteiger partial charge in [-0.1, -0.05) is 11.2 Å². The summed E-state index contributed by atoms with van der Waals surface area (Å²) in [6.07, 6.45) is 0. The molecular formula is C12H10N4O4. The first kappa shape index (κ1) is 12.2. The number of para-hydroxylation sites is 1. The van der Waals surface area contributed by atoms with Crippen LogP contribution in [0, 0.1) is 6.92 Å². The number of fused-ring (bicyclic) bond motifs is 1. The van der Waals surface area contributed by atoms with Gasteiger partial charge in [0.1, 0.15) is 6.54 Å². The summed E-state index contributed by atoms with van der Waals surface area (Å²) in [5, 5.41) is 12.8. The van der Waals surface area contributed by atoms with Gasteiger partial charge in [-0.2, -0.15) is 4.98 Å². The third-order valence-electron chi connectivity index (χ3n) is 2.89. The first-order valence-electron chi connectivity index (χ1n) is 5.80. The summed E-state index contributed by atoms with van der Waals surface area (Å²) in [4.78, 5) is 29.8. The highest BCUT2D eigenvalue weighted by Gasteiger charge is 2.17. The number of aromatic nitrogens is 4. The summed E-state index contributed by atoms with van der Waals surface area (Å²) in [5.74, 6) is -0.415. The van der Waals surface area contributed by atoms with Crippen molar-refractivity contribution < 1.29 is 14.4 Å². The number of rotatable bonds is 3. The van der Waals surface area contributed by atoms with Gasteiger partial charge in [0.05, 0.1) is 16.6 Å². The highest BCUT2D eigenvalue weighted by molar-refractivity contribution is 6.01. The van der Waals surface area contributed by atoms with E-state index >= 15 is 0 Å². The van der Waals surface area contributed by atoms with Gasteiger partial charge in [0.2, 0.25) is 5.89 Å². The van der Waals surface area contributed by atoms with Crippen LogP contribution >= 0.6 is 0 Å². The first-order chi connectivity index (χ1) is 9.56. The molecule has 0 bridgehead atoms. The van der Waals surface area contributed by atoms with Gasteiger partial charge in [-0.25, -0.2) is 9.59 Å². The minimum Gasteiger partial charge on any atom is -0.478 e. The fourth-order valence-corrected chi connectivity index (χ4v) is 2.08. The molecule has 0 spiro atoms. The molecule has 0 unspecified atom stereocenters. The Kier molecular flexibility index (Phi) is 2.63. The summed E-state index contributed by atoms with van der Waals surface area (Å²) < 4.78 is 6.23. The van der Waals surface area contributed by atoms with E-state index in [4.69, 9.17) is 4.52 Å². The molecule has 102 valence electrons. The molecule has 0 amide bonds. The lowest BCUT2D eigenvalue weighted by Gasteiger charge is -2.02. The SMILES string of the molecule is Cc1noc(Cn2c(=O)[nH]c3cccc(C(=O)O)c32)n1. The number of carboxylic acids is 1. The van der Waals surface area contributed by atoms with Crippen molar-refractivity contribution in [2.24, 2.45) is 0 Å². The van der Waals surface area contributed by atoms with E-state index < -0.39 is 11.7 Å². The molecule has 8 nitrogen and oxygen atoms in total. The monoisotopic (exact) mass is 274 g/mol. The maximum Gasteiger partial charge on any atom is 0.337 e. The molecule has 1 aromatic carbocycles. The molecule has 0 fully saturated rings. The molecule has 0 aliphatic carbocycles. The van der Waals surface area contributed by atoms with Crippen molar-refractivity contribution in [1.29, 1.82) is 0 Å². The number of imidazole rings is 1. The summed E-state index contributed by atoms with van der Waals surface area (Å²) in [7, 11) is 0. The third kappa shape index (κ3) is 1.87. The zero-order valence-electron chi connectivity index (χ0n) is 10.5. The van der Waals surface area contributed by atoms with Crippen LogP contribution in [0.2, 0.25) is 0 Å². The van der Waals surface area contributed by atoms with E-state index in [1.807, 2.05) is 0 Å². The van der Waals surface area contributed by atoms with Gasteiger partial charge < -0.3 is 14.6 Å². The van der Waals surface area contributed by atoms with E-state index in [-0.39, 0.29) is 18.0 Å². The maximum atomic E-state index is 11.9. The zero-order valence-corrected chi connectivity index (χ0v) is 10.5. The van der Waals surface area contributed by atoms with E-state index in [1.165, 1.54) is 10.6 Å². The van der Waals surface area contributed by atoms with Crippen molar-refractivity contribution >= 4 is 17.0 Å². The molecule has 2 aromatic heterocycles. The molecular weight excluding hydrogens is 264 g/mol. The average molecular weight is 274 g/mol. The van der Waals surface area contributed by atoms with Crippen molar-refractivity contribution in [2.45, 2.75) is 13.5 Å². The molecule has 0 aliphatic heterocycles. The van der Waals surface area contributed by atoms with Crippen molar-refractivity contribution in [3.8, 4) is 0 Å². The topological polar surface area (TPSA) is 114 Å². The van der Waals surface area contributed by atoms with Crippen LogP contribution in [0.15, 0.2) is 27.5 Å². The number of hydrogen-bond acceptors (Lipinski definition) is 5. The predicted molar refractivity (Wildman–Crippen MR) is 67.7 cm³/mol. The van der Waals surface area contributed by atoms with Crippen molar-refractivity contribution in [2.75, 3.05) is 0 Å². The van der Waals surface area contributed by atoms with Crippen molar-refractivity contribution in [3.63, 3.8) is 0 Å². The normalized spacial score (nSPS) is 11.1. The van der Waals surface area contributed by atoms with Crippen LogP contribution in [0.1, 0.15) is 22.1 Å². The molecule has 0 atom stereocenters. The molecule has 0 saturated carbocycles. The van der Waals surface area contributed by atoms with Crippen LogP contribution < -0.4 is 5.69 Å². The number of benzene rings is 1. The highest BCUT2D eigenvalue weighted by Crippen LogP contribution is 2.17. The lowest BCUT2D eigenvalue weighted by molar-refractivity contribution is 0.0698. The molecule has 0 radical (unpaired) electrons. The summed E-state index contributed by atoms with van der Waals surface area (Å²) in [6, 6.07) is 4.65. The van der Waals surface area contributed by atoms with Gasteiger partial charge in [-0.05, 0) is 19.1 Å². The molecule has 2 heterocycles. The average Bonchev–Trinajstić information content (AvgIpc) is 2.94. The zero-order chi connectivity index (χ0) is 14.3. The maximum absolute atomic E-state index is 11.9. The van der Waals surface area contributed by atoms with Gasteiger partial charge in [0, 0.05) is 0 Å². The van der Waals surface area contributed by atoms with Crippen LogP contribution in [0.25, 0.3) is 11.0 Å².